The molecule has 0 radical (unpaired) electrons. The lowest BCUT2D eigenvalue weighted by molar-refractivity contribution is 1.04. The average Bonchev–Trinajstić information content (AvgIpc) is 2.71. The van der Waals surface area contributed by atoms with E-state index in [1.165, 1.54) is 0 Å². The van der Waals surface area contributed by atoms with Crippen molar-refractivity contribution < 1.29 is 0 Å². The summed E-state index contributed by atoms with van der Waals surface area (Å²) in [6, 6.07) is 9.61. The molecule has 9 N–H and O–H groups in total. The molecule has 2 aromatic rings. The summed E-state index contributed by atoms with van der Waals surface area (Å²) in [5, 5.41) is 9.30. The Kier molecular flexibility index (Phi) is 4.69. The summed E-state index contributed by atoms with van der Waals surface area (Å²) in [7, 11) is 0. The number of guanidine groups is 1. The van der Waals surface area contributed by atoms with E-state index in [1.54, 1.807) is 4.57 Å². The van der Waals surface area contributed by atoms with Gasteiger partial charge in [0, 0.05) is 0 Å². The molecule has 1 heterocycles. The molecule has 0 aliphatic rings. The van der Waals surface area contributed by atoms with Crippen LogP contribution in [0.25, 0.3) is 5.69 Å². The van der Waals surface area contributed by atoms with Crippen molar-refractivity contribution in [3.63, 3.8) is 0 Å². The summed E-state index contributed by atoms with van der Waals surface area (Å²) >= 11 is 5.02. The van der Waals surface area contributed by atoms with Crippen molar-refractivity contribution in [1.82, 2.24) is 14.8 Å². The van der Waals surface area contributed by atoms with Crippen LogP contribution in [0.5, 0.6) is 0 Å². The smallest absolute Gasteiger partial charge is 0.225 e. The number of hydrogen-bond acceptors (Lipinski definition) is 5. The molecular formula is C9H14N8S. The molecule has 0 aliphatic heterocycles. The van der Waals surface area contributed by atoms with Crippen molar-refractivity contribution in [2.75, 3.05) is 5.73 Å². The number of aromatic amines is 1. The maximum atomic E-state index is 5.63. The third-order valence-electron chi connectivity index (χ3n) is 1.86. The van der Waals surface area contributed by atoms with Crippen molar-refractivity contribution in [3.8, 4) is 5.69 Å². The number of hydrogen-bond donors (Lipinski definition) is 5. The first kappa shape index (κ1) is 13.5. The van der Waals surface area contributed by atoms with Gasteiger partial charge in [0.2, 0.25) is 16.7 Å². The lowest BCUT2D eigenvalue weighted by Gasteiger charge is -2.01. The number of nitrogens with zero attached hydrogens (tertiary/aromatic N) is 3. The molecular weight excluding hydrogens is 252 g/mol. The summed E-state index contributed by atoms with van der Waals surface area (Å²) in [5.41, 5.74) is 15.9. The largest absolute Gasteiger partial charge is 0.369 e. The molecule has 0 fully saturated rings. The lowest BCUT2D eigenvalue weighted by atomic mass is 10.3. The van der Waals surface area contributed by atoms with E-state index in [-0.39, 0.29) is 5.96 Å². The minimum absolute atomic E-state index is 0.0926. The fourth-order valence-corrected chi connectivity index (χ4v) is 1.38. The van der Waals surface area contributed by atoms with E-state index in [2.05, 4.69) is 21.1 Å². The number of aromatic nitrogens is 3. The Balaban J connectivity index is 0.000000280. The molecule has 2 rings (SSSR count). The predicted octanol–water partition coefficient (Wildman–Crippen LogP) is -0.354. The number of nitrogen functional groups attached to an aromatic ring is 1. The number of nitrogens with one attached hydrogen (secondary N) is 1. The predicted molar refractivity (Wildman–Crippen MR) is 73.2 cm³/mol. The normalized spacial score (nSPS) is 9.11. The van der Waals surface area contributed by atoms with Gasteiger partial charge in [-0.3, -0.25) is 4.57 Å². The summed E-state index contributed by atoms with van der Waals surface area (Å²) in [4.78, 5) is 0. The van der Waals surface area contributed by atoms with Crippen LogP contribution in [-0.2, 0) is 0 Å². The number of nitrogens with two attached hydrogens (primary N) is 4. The van der Waals surface area contributed by atoms with Gasteiger partial charge in [0.15, 0.2) is 0 Å². The quantitative estimate of drug-likeness (QED) is 0.156. The molecule has 0 bridgehead atoms. The summed E-state index contributed by atoms with van der Waals surface area (Å²) in [6.07, 6.45) is 0. The maximum Gasteiger partial charge on any atom is 0.225 e. The number of hydrazone groups is 1. The zero-order valence-electron chi connectivity index (χ0n) is 9.45. The van der Waals surface area contributed by atoms with Crippen molar-refractivity contribution in [1.29, 1.82) is 0 Å². The van der Waals surface area contributed by atoms with Crippen molar-refractivity contribution >= 4 is 24.1 Å². The minimum atomic E-state index is -0.0926. The van der Waals surface area contributed by atoms with Gasteiger partial charge in [-0.25, -0.2) is 5.10 Å². The van der Waals surface area contributed by atoms with Gasteiger partial charge in [-0.1, -0.05) is 18.2 Å². The number of benzene rings is 1. The molecule has 18 heavy (non-hydrogen) atoms. The highest BCUT2D eigenvalue weighted by Gasteiger charge is 2.02. The summed E-state index contributed by atoms with van der Waals surface area (Å²) < 4.78 is 2.18. The zero-order chi connectivity index (χ0) is 13.5. The highest BCUT2D eigenvalue weighted by molar-refractivity contribution is 7.71. The first-order chi connectivity index (χ1) is 8.56. The van der Waals surface area contributed by atoms with Gasteiger partial charge >= 0.3 is 0 Å². The van der Waals surface area contributed by atoms with E-state index in [4.69, 9.17) is 29.4 Å². The summed E-state index contributed by atoms with van der Waals surface area (Å²) in [5.74, 6) is 4.79. The Morgan fingerprint density at radius 2 is 1.83 bits per heavy atom. The second kappa shape index (κ2) is 6.25. The van der Waals surface area contributed by atoms with Crippen LogP contribution in [0, 0.1) is 4.77 Å². The molecule has 9 heteroatoms. The van der Waals surface area contributed by atoms with Gasteiger partial charge in [-0.05, 0) is 24.4 Å². The molecule has 0 atom stereocenters. The number of H-pyrrole nitrogens is 1. The number of rotatable bonds is 1. The molecule has 1 aromatic carbocycles. The lowest BCUT2D eigenvalue weighted by Crippen LogP contribution is -2.23. The second-order valence-corrected chi connectivity index (χ2v) is 3.50. The van der Waals surface area contributed by atoms with Crippen LogP contribution in [0.3, 0.4) is 0 Å². The van der Waals surface area contributed by atoms with Gasteiger partial charge in [0.25, 0.3) is 0 Å². The molecule has 0 aliphatic carbocycles. The zero-order valence-corrected chi connectivity index (χ0v) is 10.3. The Hall–Kier alpha value is -2.55. The Labute approximate surface area is 108 Å². The van der Waals surface area contributed by atoms with E-state index in [9.17, 15) is 0 Å². The van der Waals surface area contributed by atoms with Gasteiger partial charge < -0.3 is 23.0 Å². The third kappa shape index (κ3) is 3.49. The fraction of sp³-hybridized carbons (Fsp3) is 0. The van der Waals surface area contributed by atoms with Crippen LogP contribution in [0.15, 0.2) is 35.4 Å². The van der Waals surface area contributed by atoms with Gasteiger partial charge in [-0.2, -0.15) is 0 Å². The van der Waals surface area contributed by atoms with E-state index in [0.717, 1.165) is 5.69 Å². The highest BCUT2D eigenvalue weighted by atomic mass is 32.1. The van der Waals surface area contributed by atoms with E-state index in [1.807, 2.05) is 30.3 Å². The Morgan fingerprint density at radius 1 is 1.28 bits per heavy atom. The Morgan fingerprint density at radius 3 is 2.22 bits per heavy atom. The second-order valence-electron chi connectivity index (χ2n) is 3.11. The molecule has 0 unspecified atom stereocenters. The van der Waals surface area contributed by atoms with E-state index >= 15 is 0 Å². The molecule has 0 saturated heterocycles. The van der Waals surface area contributed by atoms with E-state index in [0.29, 0.717) is 10.7 Å². The van der Waals surface area contributed by atoms with Crippen molar-refractivity contribution in [3.05, 3.63) is 35.1 Å². The van der Waals surface area contributed by atoms with Crippen molar-refractivity contribution in [2.45, 2.75) is 0 Å². The van der Waals surface area contributed by atoms with Crippen LogP contribution < -0.4 is 23.0 Å². The monoisotopic (exact) mass is 266 g/mol. The average molecular weight is 266 g/mol. The molecule has 0 saturated carbocycles. The molecule has 96 valence electrons. The number of para-hydroxylation sites is 1. The SMILES string of the molecule is NN=C(N)N.Nc1n[nH]c(=S)n1-c1ccccc1. The first-order valence-electron chi connectivity index (χ1n) is 4.83. The summed E-state index contributed by atoms with van der Waals surface area (Å²) in [6.45, 7) is 0. The van der Waals surface area contributed by atoms with Crippen LogP contribution in [0.2, 0.25) is 0 Å². The van der Waals surface area contributed by atoms with Crippen LogP contribution in [-0.4, -0.2) is 20.7 Å². The molecule has 8 nitrogen and oxygen atoms in total. The van der Waals surface area contributed by atoms with Crippen LogP contribution in [0.4, 0.5) is 5.95 Å². The molecule has 0 spiro atoms. The standard InChI is InChI=1S/C8H8N4S.CH6N4/c9-7-10-11-8(13)12(7)6-4-2-1-3-5-6;2-1(3)5-4/h1-5H,(H2,9,10)(H,11,13);4H2,(H4,2,3,5). The minimum Gasteiger partial charge on any atom is -0.369 e. The topological polar surface area (TPSA) is 150 Å². The van der Waals surface area contributed by atoms with Gasteiger partial charge in [-0.15, -0.1) is 10.2 Å². The Bertz CT molecular complexity index is 566. The van der Waals surface area contributed by atoms with Crippen LogP contribution in [0.1, 0.15) is 0 Å². The van der Waals surface area contributed by atoms with E-state index < -0.39 is 0 Å². The first-order valence-corrected chi connectivity index (χ1v) is 5.24. The maximum absolute atomic E-state index is 5.63. The molecule has 0 amide bonds. The van der Waals surface area contributed by atoms with Crippen molar-refractivity contribution in [2.24, 2.45) is 22.4 Å². The fourth-order valence-electron chi connectivity index (χ4n) is 1.14. The van der Waals surface area contributed by atoms with Gasteiger partial charge in [0.05, 0.1) is 5.69 Å². The molecule has 1 aromatic heterocycles. The number of anilines is 1. The third-order valence-corrected chi connectivity index (χ3v) is 2.14. The van der Waals surface area contributed by atoms with Crippen LogP contribution >= 0.6 is 12.2 Å². The highest BCUT2D eigenvalue weighted by Crippen LogP contribution is 2.10. The van der Waals surface area contributed by atoms with Gasteiger partial charge in [0.1, 0.15) is 0 Å².